The number of alkyl halides is 3. The fraction of sp³-hybridized carbons (Fsp3) is 0.500. The number of carboxylic acid groups (broad SMARTS) is 1. The lowest BCUT2D eigenvalue weighted by molar-refractivity contribution is -0.192. The molecule has 0 aromatic carbocycles. The van der Waals surface area contributed by atoms with Crippen molar-refractivity contribution in [1.29, 1.82) is 0 Å². The average molecular weight is 470 g/mol. The molecule has 33 heavy (non-hydrogen) atoms. The molecule has 1 aliphatic rings. The van der Waals surface area contributed by atoms with E-state index in [4.69, 9.17) is 14.6 Å². The molecule has 0 atom stereocenters. The molecule has 2 aromatic rings. The molecule has 180 valence electrons. The number of imidazole rings is 1. The van der Waals surface area contributed by atoms with E-state index in [-0.39, 0.29) is 11.7 Å². The van der Waals surface area contributed by atoms with E-state index in [1.165, 1.54) is 0 Å². The smallest absolute Gasteiger partial charge is 0.475 e. The maximum absolute atomic E-state index is 13.0. The van der Waals surface area contributed by atoms with Crippen LogP contribution in [-0.4, -0.2) is 69.1 Å². The third kappa shape index (κ3) is 6.26. The van der Waals surface area contributed by atoms with Gasteiger partial charge in [0.2, 0.25) is 0 Å². The summed E-state index contributed by atoms with van der Waals surface area (Å²) in [6.07, 6.45) is -3.40. The summed E-state index contributed by atoms with van der Waals surface area (Å²) in [6.45, 7) is 11.9. The van der Waals surface area contributed by atoms with Gasteiger partial charge in [-0.05, 0) is 13.8 Å². The minimum absolute atomic E-state index is 0.165. The number of ether oxygens (including phenoxy) is 1. The lowest BCUT2D eigenvalue weighted by atomic mass is 10.3. The first kappa shape index (κ1) is 25.7. The third-order valence-electron chi connectivity index (χ3n) is 4.47. The molecule has 1 fully saturated rings. The SMILES string of the molecule is C=CCn1c(=O)n(CC#CC)c2c(N3CCNCC3)nc(OCC)nc21.O=C(O)C(F)(F)F. The van der Waals surface area contributed by atoms with E-state index >= 15 is 0 Å². The summed E-state index contributed by atoms with van der Waals surface area (Å²) >= 11 is 0. The van der Waals surface area contributed by atoms with Gasteiger partial charge in [0.15, 0.2) is 11.5 Å². The Labute approximate surface area is 187 Å². The first-order chi connectivity index (χ1) is 15.6. The highest BCUT2D eigenvalue weighted by Gasteiger charge is 2.38. The fourth-order valence-corrected chi connectivity index (χ4v) is 3.06. The molecule has 1 aliphatic heterocycles. The van der Waals surface area contributed by atoms with Crippen molar-refractivity contribution in [3.8, 4) is 17.9 Å². The maximum atomic E-state index is 13.0. The monoisotopic (exact) mass is 470 g/mol. The zero-order valence-corrected chi connectivity index (χ0v) is 18.3. The normalized spacial score (nSPS) is 13.5. The van der Waals surface area contributed by atoms with Crippen molar-refractivity contribution < 1.29 is 27.8 Å². The van der Waals surface area contributed by atoms with Gasteiger partial charge in [0.1, 0.15) is 5.52 Å². The first-order valence-electron chi connectivity index (χ1n) is 10.1. The Morgan fingerprint density at radius 2 is 1.94 bits per heavy atom. The van der Waals surface area contributed by atoms with Crippen molar-refractivity contribution >= 4 is 23.0 Å². The molecule has 3 heterocycles. The van der Waals surface area contributed by atoms with E-state index in [1.807, 2.05) is 6.92 Å². The number of nitrogens with one attached hydrogen (secondary N) is 1. The van der Waals surface area contributed by atoms with Gasteiger partial charge in [0.25, 0.3) is 0 Å². The van der Waals surface area contributed by atoms with E-state index in [0.29, 0.717) is 30.9 Å². The summed E-state index contributed by atoms with van der Waals surface area (Å²) in [4.78, 5) is 33.1. The summed E-state index contributed by atoms with van der Waals surface area (Å²) in [5.74, 6) is 3.79. The summed E-state index contributed by atoms with van der Waals surface area (Å²) < 4.78 is 40.5. The number of nitrogens with zero attached hydrogens (tertiary/aromatic N) is 5. The molecule has 10 nitrogen and oxygen atoms in total. The van der Waals surface area contributed by atoms with E-state index < -0.39 is 12.1 Å². The molecular weight excluding hydrogens is 445 g/mol. The first-order valence-corrected chi connectivity index (χ1v) is 10.1. The van der Waals surface area contributed by atoms with Crippen LogP contribution < -0.4 is 20.6 Å². The number of hydrogen-bond donors (Lipinski definition) is 2. The Hall–Kier alpha value is -3.53. The van der Waals surface area contributed by atoms with Crippen LogP contribution in [0.2, 0.25) is 0 Å². The van der Waals surface area contributed by atoms with Crippen molar-refractivity contribution in [3.63, 3.8) is 0 Å². The highest BCUT2D eigenvalue weighted by atomic mass is 19.4. The van der Waals surface area contributed by atoms with Gasteiger partial charge in [-0.15, -0.1) is 12.5 Å². The zero-order valence-electron chi connectivity index (χ0n) is 18.3. The van der Waals surface area contributed by atoms with Crippen LogP contribution >= 0.6 is 0 Å². The molecule has 0 bridgehead atoms. The number of rotatable bonds is 6. The van der Waals surface area contributed by atoms with Gasteiger partial charge >= 0.3 is 23.8 Å². The third-order valence-corrected chi connectivity index (χ3v) is 4.47. The maximum Gasteiger partial charge on any atom is 0.490 e. The molecule has 0 amide bonds. The van der Waals surface area contributed by atoms with Crippen LogP contribution in [0.5, 0.6) is 6.01 Å². The van der Waals surface area contributed by atoms with Crippen molar-refractivity contribution in [2.45, 2.75) is 33.1 Å². The van der Waals surface area contributed by atoms with Gasteiger partial charge in [-0.2, -0.15) is 23.1 Å². The Bertz CT molecular complexity index is 1110. The summed E-state index contributed by atoms with van der Waals surface area (Å²) in [7, 11) is 0. The van der Waals surface area contributed by atoms with Crippen LogP contribution in [0.25, 0.3) is 11.2 Å². The fourth-order valence-electron chi connectivity index (χ4n) is 3.06. The number of carbonyl (C=O) groups is 1. The Balaban J connectivity index is 0.000000479. The number of allylic oxidation sites excluding steroid dienone is 1. The van der Waals surface area contributed by atoms with Crippen LogP contribution in [0.15, 0.2) is 17.4 Å². The van der Waals surface area contributed by atoms with Crippen molar-refractivity contribution in [1.82, 2.24) is 24.4 Å². The van der Waals surface area contributed by atoms with Crippen LogP contribution in [0.3, 0.4) is 0 Å². The highest BCUT2D eigenvalue weighted by molar-refractivity contribution is 5.85. The number of aliphatic carboxylic acids is 1. The molecule has 0 aliphatic carbocycles. The van der Waals surface area contributed by atoms with Gasteiger partial charge in [0.05, 0.1) is 13.2 Å². The molecule has 0 unspecified atom stereocenters. The molecule has 0 spiro atoms. The Kier molecular flexibility index (Phi) is 8.86. The molecule has 1 saturated heterocycles. The Morgan fingerprint density at radius 3 is 2.45 bits per heavy atom. The standard InChI is InChI=1S/C18H24N6O2.C2HF3O2/c1-4-7-11-23-14-15(22-12-8-19-9-13-22)20-17(26-6-3)21-16(14)24(10-5-2)18(23)25;3-2(4,5)1(6)7/h5,19H,2,6,8-13H2,1,3H3;(H,6,7). The number of halogens is 3. The second-order valence-electron chi connectivity index (χ2n) is 6.67. The van der Waals surface area contributed by atoms with E-state index in [9.17, 15) is 18.0 Å². The second-order valence-corrected chi connectivity index (χ2v) is 6.67. The molecule has 2 aromatic heterocycles. The van der Waals surface area contributed by atoms with Crippen molar-refractivity contribution in [2.75, 3.05) is 37.7 Å². The lowest BCUT2D eigenvalue weighted by Crippen LogP contribution is -2.44. The highest BCUT2D eigenvalue weighted by Crippen LogP contribution is 2.26. The predicted octanol–water partition coefficient (Wildman–Crippen LogP) is 1.24. The molecule has 3 rings (SSSR count). The minimum atomic E-state index is -5.08. The molecule has 0 radical (unpaired) electrons. The van der Waals surface area contributed by atoms with Gasteiger partial charge in [0, 0.05) is 32.7 Å². The summed E-state index contributed by atoms with van der Waals surface area (Å²) in [5.41, 5.74) is 1.09. The van der Waals surface area contributed by atoms with Gasteiger partial charge in [-0.25, -0.2) is 9.59 Å². The van der Waals surface area contributed by atoms with E-state index in [2.05, 4.69) is 38.6 Å². The van der Waals surface area contributed by atoms with Crippen molar-refractivity contribution in [2.24, 2.45) is 0 Å². The van der Waals surface area contributed by atoms with E-state index in [0.717, 1.165) is 32.0 Å². The second kappa shape index (κ2) is 11.4. The number of carboxylic acids is 1. The van der Waals surface area contributed by atoms with Crippen LogP contribution in [-0.2, 0) is 17.9 Å². The quantitative estimate of drug-likeness (QED) is 0.479. The minimum Gasteiger partial charge on any atom is -0.475 e. The van der Waals surface area contributed by atoms with Crippen LogP contribution in [0, 0.1) is 11.8 Å². The van der Waals surface area contributed by atoms with Crippen LogP contribution in [0.1, 0.15) is 13.8 Å². The van der Waals surface area contributed by atoms with Crippen molar-refractivity contribution in [3.05, 3.63) is 23.1 Å². The number of anilines is 1. The predicted molar refractivity (Wildman–Crippen MR) is 115 cm³/mol. The molecule has 0 saturated carbocycles. The lowest BCUT2D eigenvalue weighted by Gasteiger charge is -2.29. The average Bonchev–Trinajstić information content (AvgIpc) is 3.03. The zero-order chi connectivity index (χ0) is 24.6. The number of hydrogen-bond acceptors (Lipinski definition) is 7. The molecular formula is C20H25F3N6O4. The van der Waals surface area contributed by atoms with Crippen LogP contribution in [0.4, 0.5) is 19.0 Å². The number of aromatic nitrogens is 4. The Morgan fingerprint density at radius 1 is 1.30 bits per heavy atom. The van der Waals surface area contributed by atoms with Gasteiger partial charge in [-0.3, -0.25) is 9.13 Å². The molecule has 13 heteroatoms. The van der Waals surface area contributed by atoms with Gasteiger partial charge in [-0.1, -0.05) is 12.0 Å². The number of fused-ring (bicyclic) bond motifs is 1. The topological polar surface area (TPSA) is 115 Å². The number of piperazine rings is 1. The molecule has 2 N–H and O–H groups in total. The van der Waals surface area contributed by atoms with E-state index in [1.54, 1.807) is 22.1 Å². The summed E-state index contributed by atoms with van der Waals surface area (Å²) in [6, 6.07) is 0.282. The van der Waals surface area contributed by atoms with Gasteiger partial charge < -0.3 is 20.1 Å². The summed E-state index contributed by atoms with van der Waals surface area (Å²) in [5, 5.41) is 10.5. The largest absolute Gasteiger partial charge is 0.490 e.